The largest absolute Gasteiger partial charge is 0.394 e. The maximum absolute atomic E-state index is 8.85. The van der Waals surface area contributed by atoms with Crippen molar-refractivity contribution >= 4 is 5.71 Å². The highest BCUT2D eigenvalue weighted by Crippen LogP contribution is 2.17. The van der Waals surface area contributed by atoms with E-state index >= 15 is 0 Å². The SMILES string of the molecule is CC(=N)/C(C)=C\NC1CCC(CO)O1. The lowest BCUT2D eigenvalue weighted by atomic mass is 10.2. The molecule has 0 bridgehead atoms. The monoisotopic (exact) mass is 198 g/mol. The van der Waals surface area contributed by atoms with Crippen molar-refractivity contribution in [3.8, 4) is 0 Å². The molecule has 0 aromatic heterocycles. The zero-order valence-corrected chi connectivity index (χ0v) is 8.71. The molecule has 1 saturated heterocycles. The third-order valence-electron chi connectivity index (χ3n) is 2.39. The molecular weight excluding hydrogens is 180 g/mol. The highest BCUT2D eigenvalue weighted by atomic mass is 16.5. The Hall–Kier alpha value is -0.870. The highest BCUT2D eigenvalue weighted by molar-refractivity contribution is 5.94. The molecule has 0 amide bonds. The smallest absolute Gasteiger partial charge is 0.127 e. The molecule has 0 aromatic rings. The van der Waals surface area contributed by atoms with Crippen LogP contribution in [0.2, 0.25) is 0 Å². The van der Waals surface area contributed by atoms with Crippen LogP contribution in [0.3, 0.4) is 0 Å². The van der Waals surface area contributed by atoms with Gasteiger partial charge in [-0.1, -0.05) is 0 Å². The van der Waals surface area contributed by atoms with E-state index in [-0.39, 0.29) is 18.9 Å². The fourth-order valence-electron chi connectivity index (χ4n) is 1.29. The molecule has 4 heteroatoms. The molecule has 0 saturated carbocycles. The van der Waals surface area contributed by atoms with Crippen molar-refractivity contribution in [2.45, 2.75) is 39.0 Å². The molecule has 0 spiro atoms. The van der Waals surface area contributed by atoms with Crippen LogP contribution >= 0.6 is 0 Å². The number of allylic oxidation sites excluding steroid dienone is 1. The lowest BCUT2D eigenvalue weighted by Crippen LogP contribution is -2.26. The lowest BCUT2D eigenvalue weighted by Gasteiger charge is -2.12. The van der Waals surface area contributed by atoms with Gasteiger partial charge in [0.25, 0.3) is 0 Å². The van der Waals surface area contributed by atoms with E-state index in [1.165, 1.54) is 0 Å². The summed E-state index contributed by atoms with van der Waals surface area (Å²) in [6.07, 6.45) is 3.56. The van der Waals surface area contributed by atoms with Gasteiger partial charge in [0.2, 0.25) is 0 Å². The summed E-state index contributed by atoms with van der Waals surface area (Å²) in [7, 11) is 0. The Kier molecular flexibility index (Phi) is 4.10. The van der Waals surface area contributed by atoms with Crippen molar-refractivity contribution in [1.82, 2.24) is 5.32 Å². The summed E-state index contributed by atoms with van der Waals surface area (Å²) < 4.78 is 5.46. The van der Waals surface area contributed by atoms with Gasteiger partial charge in [-0.25, -0.2) is 0 Å². The van der Waals surface area contributed by atoms with E-state index in [4.69, 9.17) is 15.3 Å². The summed E-state index contributed by atoms with van der Waals surface area (Å²) in [4.78, 5) is 0. The molecule has 14 heavy (non-hydrogen) atoms. The molecule has 1 fully saturated rings. The Morgan fingerprint density at radius 2 is 2.29 bits per heavy atom. The fraction of sp³-hybridized carbons (Fsp3) is 0.700. The normalized spacial score (nSPS) is 27.8. The average Bonchev–Trinajstić information content (AvgIpc) is 2.61. The predicted octanol–water partition coefficient (Wildman–Crippen LogP) is 1.02. The second-order valence-electron chi connectivity index (χ2n) is 3.63. The van der Waals surface area contributed by atoms with E-state index in [2.05, 4.69) is 5.32 Å². The minimum atomic E-state index is -0.0257. The van der Waals surface area contributed by atoms with Gasteiger partial charge in [-0.2, -0.15) is 0 Å². The molecule has 3 N–H and O–H groups in total. The highest BCUT2D eigenvalue weighted by Gasteiger charge is 2.23. The van der Waals surface area contributed by atoms with E-state index in [0.29, 0.717) is 5.71 Å². The van der Waals surface area contributed by atoms with Crippen LogP contribution in [0.25, 0.3) is 0 Å². The van der Waals surface area contributed by atoms with Gasteiger partial charge in [-0.3, -0.25) is 0 Å². The average molecular weight is 198 g/mol. The van der Waals surface area contributed by atoms with E-state index in [1.807, 2.05) is 6.92 Å². The van der Waals surface area contributed by atoms with E-state index in [9.17, 15) is 0 Å². The zero-order valence-electron chi connectivity index (χ0n) is 8.71. The number of aliphatic hydroxyl groups excluding tert-OH is 1. The van der Waals surface area contributed by atoms with Crippen LogP contribution in [0, 0.1) is 5.41 Å². The number of ether oxygens (including phenoxy) is 1. The maximum atomic E-state index is 8.85. The quantitative estimate of drug-likeness (QED) is 0.591. The summed E-state index contributed by atoms with van der Waals surface area (Å²) in [5, 5.41) is 19.3. The molecule has 0 radical (unpaired) electrons. The lowest BCUT2D eigenvalue weighted by molar-refractivity contribution is 0.00312. The zero-order chi connectivity index (χ0) is 10.6. The molecule has 2 atom stereocenters. The minimum absolute atomic E-state index is 0.0125. The van der Waals surface area contributed by atoms with Crippen LogP contribution in [-0.2, 0) is 4.74 Å². The molecule has 0 aliphatic carbocycles. The number of rotatable bonds is 4. The summed E-state index contributed by atoms with van der Waals surface area (Å²) in [5.74, 6) is 0. The Morgan fingerprint density at radius 3 is 2.79 bits per heavy atom. The number of nitrogens with one attached hydrogen (secondary N) is 2. The van der Waals surface area contributed by atoms with Crippen molar-refractivity contribution in [3.05, 3.63) is 11.8 Å². The van der Waals surface area contributed by atoms with Gasteiger partial charge in [0.15, 0.2) is 0 Å². The van der Waals surface area contributed by atoms with Gasteiger partial charge in [0.1, 0.15) is 6.23 Å². The van der Waals surface area contributed by atoms with E-state index < -0.39 is 0 Å². The summed E-state index contributed by atoms with van der Waals surface area (Å²) in [5.41, 5.74) is 1.45. The van der Waals surface area contributed by atoms with Gasteiger partial charge < -0.3 is 20.6 Å². The fourth-order valence-corrected chi connectivity index (χ4v) is 1.29. The first kappa shape index (κ1) is 11.2. The van der Waals surface area contributed by atoms with Crippen LogP contribution < -0.4 is 5.32 Å². The van der Waals surface area contributed by atoms with Crippen molar-refractivity contribution in [2.75, 3.05) is 6.61 Å². The van der Waals surface area contributed by atoms with Crippen molar-refractivity contribution < 1.29 is 9.84 Å². The van der Waals surface area contributed by atoms with Crippen LogP contribution in [0.4, 0.5) is 0 Å². The van der Waals surface area contributed by atoms with Crippen LogP contribution in [-0.4, -0.2) is 29.8 Å². The number of hydrogen-bond donors (Lipinski definition) is 3. The topological polar surface area (TPSA) is 65.3 Å². The second kappa shape index (κ2) is 5.12. The molecule has 1 rings (SSSR count). The Labute approximate surface area is 84.5 Å². The summed E-state index contributed by atoms with van der Waals surface area (Å²) >= 11 is 0. The standard InChI is InChI=1S/C10H18N2O2/c1-7(8(2)11)5-12-10-4-3-9(6-13)14-10/h5,9-13H,3-4,6H2,1-2H3/b7-5-,11-8?. The van der Waals surface area contributed by atoms with Gasteiger partial charge in [0, 0.05) is 11.9 Å². The van der Waals surface area contributed by atoms with E-state index in [1.54, 1.807) is 13.1 Å². The Bertz CT molecular complexity index is 238. The minimum Gasteiger partial charge on any atom is -0.394 e. The van der Waals surface area contributed by atoms with Crippen molar-refractivity contribution in [2.24, 2.45) is 0 Å². The first-order valence-electron chi connectivity index (χ1n) is 4.88. The third-order valence-corrected chi connectivity index (χ3v) is 2.39. The van der Waals surface area contributed by atoms with Crippen LogP contribution in [0.1, 0.15) is 26.7 Å². The first-order valence-corrected chi connectivity index (χ1v) is 4.88. The molecule has 1 heterocycles. The van der Waals surface area contributed by atoms with Crippen molar-refractivity contribution in [3.63, 3.8) is 0 Å². The third kappa shape index (κ3) is 3.12. The Balaban J connectivity index is 2.33. The second-order valence-corrected chi connectivity index (χ2v) is 3.63. The summed E-state index contributed by atoms with van der Waals surface area (Å²) in [6, 6.07) is 0. The predicted molar refractivity (Wildman–Crippen MR) is 55.3 cm³/mol. The molecule has 4 nitrogen and oxygen atoms in total. The number of aliphatic hydroxyl groups is 1. The number of hydrogen-bond acceptors (Lipinski definition) is 4. The molecule has 80 valence electrons. The van der Waals surface area contributed by atoms with E-state index in [0.717, 1.165) is 18.4 Å². The van der Waals surface area contributed by atoms with Crippen LogP contribution in [0.5, 0.6) is 0 Å². The van der Waals surface area contributed by atoms with Crippen molar-refractivity contribution in [1.29, 1.82) is 5.41 Å². The molecule has 1 aliphatic heterocycles. The van der Waals surface area contributed by atoms with Gasteiger partial charge in [-0.05, 0) is 32.3 Å². The molecule has 0 aromatic carbocycles. The first-order chi connectivity index (χ1) is 6.63. The molecule has 1 aliphatic rings. The maximum Gasteiger partial charge on any atom is 0.127 e. The van der Waals surface area contributed by atoms with Gasteiger partial charge in [-0.15, -0.1) is 0 Å². The summed E-state index contributed by atoms with van der Waals surface area (Å²) in [6.45, 7) is 3.72. The Morgan fingerprint density at radius 1 is 1.57 bits per heavy atom. The molecular formula is C10H18N2O2. The van der Waals surface area contributed by atoms with Gasteiger partial charge in [0.05, 0.1) is 12.7 Å². The molecule has 2 unspecified atom stereocenters. The van der Waals surface area contributed by atoms with Crippen LogP contribution in [0.15, 0.2) is 11.8 Å². The van der Waals surface area contributed by atoms with Gasteiger partial charge >= 0.3 is 0 Å².